The maximum absolute atomic E-state index is 14.2. The average Bonchev–Trinajstić information content (AvgIpc) is 3.56. The molecule has 0 aromatic heterocycles. The molecule has 2 unspecified atom stereocenters. The Morgan fingerprint density at radius 1 is 1.02 bits per heavy atom. The van der Waals surface area contributed by atoms with Gasteiger partial charge < -0.3 is 30.3 Å². The fraction of sp³-hybridized carbons (Fsp3) is 0.531. The fourth-order valence-electron chi connectivity index (χ4n) is 7.20. The van der Waals surface area contributed by atoms with E-state index in [1.165, 1.54) is 0 Å². The van der Waals surface area contributed by atoms with Crippen LogP contribution < -0.4 is 20.3 Å². The molecule has 10 heteroatoms. The Kier molecular flexibility index (Phi) is 8.49. The molecule has 0 aliphatic carbocycles. The number of likely N-dealkylation sites (tertiary alicyclic amines) is 1. The zero-order valence-electron chi connectivity index (χ0n) is 25.1. The van der Waals surface area contributed by atoms with Crippen LogP contribution in [0.25, 0.3) is 0 Å². The Morgan fingerprint density at radius 3 is 2.19 bits per heavy atom. The van der Waals surface area contributed by atoms with E-state index in [0.717, 1.165) is 18.8 Å². The molecular weight excluding hydrogens is 552 g/mol. The lowest BCUT2D eigenvalue weighted by molar-refractivity contribution is -0.141. The van der Waals surface area contributed by atoms with Crippen LogP contribution in [-0.4, -0.2) is 75.6 Å². The van der Waals surface area contributed by atoms with Crippen LogP contribution in [0.3, 0.4) is 0 Å². The van der Waals surface area contributed by atoms with E-state index in [0.29, 0.717) is 36.6 Å². The number of anilines is 3. The van der Waals surface area contributed by atoms with Crippen LogP contribution in [0.1, 0.15) is 47.5 Å². The van der Waals surface area contributed by atoms with Crippen molar-refractivity contribution in [1.82, 2.24) is 4.90 Å². The maximum Gasteiger partial charge on any atom is 0.248 e. The Morgan fingerprint density at radius 2 is 1.62 bits per heavy atom. The Labute approximate surface area is 252 Å². The standard InChI is InChI=1S/C32H42N4O5S/c1-6-35(7-2)23-13-9-21(10-14-23)34-29(39)27-32-18-17-31(5,42-32)25(26(32)30(40)36(27)20(4)19-37)28(38)33-22-11-15-24(16-12-22)41-8-3/h9-16,20,25-27,37H,6-8,17-19H2,1-5H3,(H,33,38)(H,34,39)/t20-,25+,26+,27?,31-,32?/m1/s1. The smallest absolute Gasteiger partial charge is 0.248 e. The summed E-state index contributed by atoms with van der Waals surface area (Å²) < 4.78 is 4.26. The van der Waals surface area contributed by atoms with Crippen molar-refractivity contribution >= 4 is 46.5 Å². The zero-order chi connectivity index (χ0) is 30.2. The van der Waals surface area contributed by atoms with Gasteiger partial charge in [-0.15, -0.1) is 11.8 Å². The minimum atomic E-state index is -0.810. The zero-order valence-corrected chi connectivity index (χ0v) is 25.9. The molecule has 3 aliphatic heterocycles. The second-order valence-electron chi connectivity index (χ2n) is 11.7. The number of thioether (sulfide) groups is 1. The molecule has 42 heavy (non-hydrogen) atoms. The number of ether oxygens (including phenoxy) is 1. The van der Waals surface area contributed by atoms with E-state index in [1.54, 1.807) is 47.9 Å². The highest BCUT2D eigenvalue weighted by molar-refractivity contribution is 8.02. The molecule has 0 radical (unpaired) electrons. The van der Waals surface area contributed by atoms with E-state index in [-0.39, 0.29) is 24.3 Å². The Hall–Kier alpha value is -3.24. The number of aliphatic hydroxyl groups is 1. The number of carbonyl (C=O) groups is 3. The molecule has 3 heterocycles. The molecule has 5 rings (SSSR count). The monoisotopic (exact) mass is 594 g/mol. The summed E-state index contributed by atoms with van der Waals surface area (Å²) in [6, 6.07) is 13.5. The number of rotatable bonds is 11. The van der Waals surface area contributed by atoms with Crippen LogP contribution in [0, 0.1) is 11.8 Å². The molecule has 3 N–H and O–H groups in total. The van der Waals surface area contributed by atoms with Crippen molar-refractivity contribution in [1.29, 1.82) is 0 Å². The summed E-state index contributed by atoms with van der Waals surface area (Å²) in [5.41, 5.74) is 2.35. The third-order valence-electron chi connectivity index (χ3n) is 9.18. The van der Waals surface area contributed by atoms with Gasteiger partial charge in [0.25, 0.3) is 0 Å². The molecule has 1 spiro atoms. The lowest BCUT2D eigenvalue weighted by Crippen LogP contribution is -2.54. The van der Waals surface area contributed by atoms with E-state index in [9.17, 15) is 19.5 Å². The summed E-state index contributed by atoms with van der Waals surface area (Å²) in [5, 5.41) is 16.2. The van der Waals surface area contributed by atoms with E-state index < -0.39 is 33.4 Å². The highest BCUT2D eigenvalue weighted by atomic mass is 32.2. The number of hydrogen-bond donors (Lipinski definition) is 3. The first kappa shape index (κ1) is 30.2. The van der Waals surface area contributed by atoms with Crippen LogP contribution in [0.15, 0.2) is 48.5 Å². The van der Waals surface area contributed by atoms with Crippen molar-refractivity contribution in [3.63, 3.8) is 0 Å². The predicted molar refractivity (Wildman–Crippen MR) is 167 cm³/mol. The molecule has 2 aromatic rings. The number of nitrogens with zero attached hydrogens (tertiary/aromatic N) is 2. The molecule has 3 amide bonds. The van der Waals surface area contributed by atoms with Gasteiger partial charge in [-0.1, -0.05) is 0 Å². The van der Waals surface area contributed by atoms with Gasteiger partial charge in [-0.3, -0.25) is 14.4 Å². The van der Waals surface area contributed by atoms with E-state index >= 15 is 0 Å². The summed E-state index contributed by atoms with van der Waals surface area (Å²) in [6.07, 6.45) is 1.36. The van der Waals surface area contributed by atoms with Crippen molar-refractivity contribution in [3.8, 4) is 5.75 Å². The average molecular weight is 595 g/mol. The highest BCUT2D eigenvalue weighted by Crippen LogP contribution is 2.71. The topological polar surface area (TPSA) is 111 Å². The minimum Gasteiger partial charge on any atom is -0.494 e. The summed E-state index contributed by atoms with van der Waals surface area (Å²) >= 11 is 1.61. The molecule has 3 aliphatic rings. The molecule has 0 saturated carbocycles. The van der Waals surface area contributed by atoms with Gasteiger partial charge in [-0.05, 0) is 96.0 Å². The van der Waals surface area contributed by atoms with Gasteiger partial charge >= 0.3 is 0 Å². The number of aliphatic hydroxyl groups excluding tert-OH is 1. The molecule has 3 saturated heterocycles. The van der Waals surface area contributed by atoms with Gasteiger partial charge in [0, 0.05) is 34.9 Å². The van der Waals surface area contributed by atoms with Crippen molar-refractivity contribution in [2.24, 2.45) is 11.8 Å². The van der Waals surface area contributed by atoms with E-state index in [4.69, 9.17) is 4.74 Å². The van der Waals surface area contributed by atoms with E-state index in [1.807, 2.05) is 38.1 Å². The summed E-state index contributed by atoms with van der Waals surface area (Å²) in [5.74, 6) is -1.32. The van der Waals surface area contributed by atoms with Gasteiger partial charge in [-0.2, -0.15) is 0 Å². The third-order valence-corrected chi connectivity index (χ3v) is 11.2. The molecule has 226 valence electrons. The van der Waals surface area contributed by atoms with Crippen LogP contribution in [0.2, 0.25) is 0 Å². The SMILES string of the molecule is CCOc1ccc(NC(=O)[C@@H]2[C@H]3C(=O)N([C@H](C)CO)C(C(=O)Nc4ccc(N(CC)CC)cc4)C34CC[C@@]2(C)S4)cc1. The first-order valence-electron chi connectivity index (χ1n) is 14.9. The first-order chi connectivity index (χ1) is 20.1. The van der Waals surface area contributed by atoms with Crippen LogP contribution in [0.5, 0.6) is 5.75 Å². The van der Waals surface area contributed by atoms with Gasteiger partial charge in [0.1, 0.15) is 11.8 Å². The van der Waals surface area contributed by atoms with Crippen LogP contribution in [-0.2, 0) is 14.4 Å². The number of nitrogens with one attached hydrogen (secondary N) is 2. The highest BCUT2D eigenvalue weighted by Gasteiger charge is 2.77. The molecule has 9 nitrogen and oxygen atoms in total. The largest absolute Gasteiger partial charge is 0.494 e. The number of benzene rings is 2. The minimum absolute atomic E-state index is 0.223. The van der Waals surface area contributed by atoms with Gasteiger partial charge in [0.05, 0.1) is 35.8 Å². The summed E-state index contributed by atoms with van der Waals surface area (Å²) in [6.45, 7) is 11.9. The molecule has 6 atom stereocenters. The van der Waals surface area contributed by atoms with Gasteiger partial charge in [0.2, 0.25) is 17.7 Å². The van der Waals surface area contributed by atoms with Crippen LogP contribution in [0.4, 0.5) is 17.1 Å². The summed E-state index contributed by atoms with van der Waals surface area (Å²) in [4.78, 5) is 45.9. The fourth-order valence-corrected chi connectivity index (χ4v) is 9.55. The molecule has 2 bridgehead atoms. The normalized spacial score (nSPS) is 28.4. The Bertz CT molecular complexity index is 1320. The second kappa shape index (κ2) is 11.8. The number of hydrogen-bond acceptors (Lipinski definition) is 7. The van der Waals surface area contributed by atoms with Gasteiger partial charge in [0.15, 0.2) is 0 Å². The number of fused-ring (bicyclic) bond motifs is 1. The second-order valence-corrected chi connectivity index (χ2v) is 13.6. The quantitative estimate of drug-likeness (QED) is 0.354. The van der Waals surface area contributed by atoms with E-state index in [2.05, 4.69) is 29.4 Å². The summed E-state index contributed by atoms with van der Waals surface area (Å²) in [7, 11) is 0. The Balaban J connectivity index is 1.43. The van der Waals surface area contributed by atoms with Crippen molar-refractivity contribution in [3.05, 3.63) is 48.5 Å². The van der Waals surface area contributed by atoms with Crippen molar-refractivity contribution in [2.45, 2.75) is 69.0 Å². The molecule has 2 aromatic carbocycles. The lowest BCUT2D eigenvalue weighted by Gasteiger charge is -2.36. The van der Waals surface area contributed by atoms with Crippen molar-refractivity contribution < 1.29 is 24.2 Å². The first-order valence-corrected chi connectivity index (χ1v) is 15.8. The number of amides is 3. The van der Waals surface area contributed by atoms with Crippen molar-refractivity contribution in [2.75, 3.05) is 41.8 Å². The maximum atomic E-state index is 14.2. The number of carbonyl (C=O) groups excluding carboxylic acids is 3. The third kappa shape index (κ3) is 5.02. The predicted octanol–water partition coefficient (Wildman–Crippen LogP) is 4.37. The molecular formula is C32H42N4O5S. The van der Waals surface area contributed by atoms with Crippen LogP contribution >= 0.6 is 11.8 Å². The van der Waals surface area contributed by atoms with Gasteiger partial charge in [-0.25, -0.2) is 0 Å². The lowest BCUT2D eigenvalue weighted by atomic mass is 9.66. The molecule has 3 fully saturated rings.